The summed E-state index contributed by atoms with van der Waals surface area (Å²) in [5.74, 6) is 1.48. The highest BCUT2D eigenvalue weighted by Gasteiger charge is 2.19. The van der Waals surface area contributed by atoms with Crippen molar-refractivity contribution in [3.05, 3.63) is 36.3 Å². The van der Waals surface area contributed by atoms with Crippen LogP contribution in [-0.4, -0.2) is 33.7 Å². The van der Waals surface area contributed by atoms with Crippen LogP contribution in [0, 0.1) is 0 Å². The number of imidazole rings is 1. The number of hydrogen-bond acceptors (Lipinski definition) is 5. The van der Waals surface area contributed by atoms with Gasteiger partial charge in [0.15, 0.2) is 0 Å². The average Bonchev–Trinajstić information content (AvgIpc) is 2.88. The molecule has 0 spiro atoms. The van der Waals surface area contributed by atoms with Gasteiger partial charge in [0.1, 0.15) is 18.2 Å². The van der Waals surface area contributed by atoms with E-state index in [9.17, 15) is 0 Å². The minimum Gasteiger partial charge on any atom is -0.481 e. The Bertz CT molecular complexity index is 511. The lowest BCUT2D eigenvalue weighted by molar-refractivity contribution is 0.394. The predicted molar refractivity (Wildman–Crippen MR) is 67.4 cm³/mol. The highest BCUT2D eigenvalue weighted by atomic mass is 16.5. The molecule has 6 nitrogen and oxygen atoms in total. The van der Waals surface area contributed by atoms with E-state index in [-0.39, 0.29) is 6.04 Å². The van der Waals surface area contributed by atoms with Crippen LogP contribution in [0.1, 0.15) is 24.5 Å². The Labute approximate surface area is 106 Å². The Morgan fingerprint density at radius 2 is 2.22 bits per heavy atom. The lowest BCUT2D eigenvalue weighted by atomic mass is 10.2. The van der Waals surface area contributed by atoms with E-state index in [0.29, 0.717) is 5.88 Å². The first kappa shape index (κ1) is 12.5. The molecule has 2 heterocycles. The molecule has 0 aliphatic carbocycles. The summed E-state index contributed by atoms with van der Waals surface area (Å²) in [5.41, 5.74) is 0.838. The molecule has 2 aromatic rings. The molecule has 0 aliphatic rings. The topological polar surface area (TPSA) is 64.9 Å². The maximum atomic E-state index is 5.12. The molecule has 0 bridgehead atoms. The second-order valence-electron chi connectivity index (χ2n) is 3.78. The summed E-state index contributed by atoms with van der Waals surface area (Å²) in [4.78, 5) is 12.7. The Balaban J connectivity index is 2.38. The summed E-state index contributed by atoms with van der Waals surface area (Å²) in [5, 5.41) is 3.22. The van der Waals surface area contributed by atoms with E-state index < -0.39 is 0 Å². The van der Waals surface area contributed by atoms with Gasteiger partial charge in [0.25, 0.3) is 0 Å². The highest BCUT2D eigenvalue weighted by molar-refractivity contribution is 5.22. The molecule has 1 N–H and O–H groups in total. The Hall–Kier alpha value is -1.95. The molecule has 0 aliphatic heterocycles. The van der Waals surface area contributed by atoms with Crippen LogP contribution >= 0.6 is 0 Å². The largest absolute Gasteiger partial charge is 0.481 e. The van der Waals surface area contributed by atoms with E-state index in [1.807, 2.05) is 19.3 Å². The second kappa shape index (κ2) is 5.59. The molecule has 1 unspecified atom stereocenters. The van der Waals surface area contributed by atoms with Gasteiger partial charge in [-0.1, -0.05) is 0 Å². The van der Waals surface area contributed by atoms with Crippen LogP contribution in [0.15, 0.2) is 24.8 Å². The van der Waals surface area contributed by atoms with E-state index in [1.165, 1.54) is 6.33 Å². The van der Waals surface area contributed by atoms with E-state index in [4.69, 9.17) is 4.74 Å². The lowest BCUT2D eigenvalue weighted by Gasteiger charge is -2.16. The summed E-state index contributed by atoms with van der Waals surface area (Å²) in [6, 6.07) is 1.74. The molecule has 1 atom stereocenters. The summed E-state index contributed by atoms with van der Waals surface area (Å²) >= 11 is 0. The second-order valence-corrected chi connectivity index (χ2v) is 3.78. The van der Waals surface area contributed by atoms with Crippen molar-refractivity contribution in [3.8, 4) is 5.88 Å². The standard InChI is InChI=1S/C12H17N5O/c1-4-17-6-5-14-12(17)11(13-2)9-7-10(18-3)16-8-15-9/h5-8,11,13H,4H2,1-3H3. The van der Waals surface area contributed by atoms with Gasteiger partial charge >= 0.3 is 0 Å². The zero-order valence-electron chi connectivity index (χ0n) is 10.8. The smallest absolute Gasteiger partial charge is 0.216 e. The highest BCUT2D eigenvalue weighted by Crippen LogP contribution is 2.20. The zero-order chi connectivity index (χ0) is 13.0. The minimum absolute atomic E-state index is 0.0724. The third-order valence-electron chi connectivity index (χ3n) is 2.80. The number of hydrogen-bond donors (Lipinski definition) is 1. The van der Waals surface area contributed by atoms with Crippen molar-refractivity contribution < 1.29 is 4.74 Å². The van der Waals surface area contributed by atoms with Gasteiger partial charge in [-0.15, -0.1) is 0 Å². The van der Waals surface area contributed by atoms with Gasteiger partial charge in [-0.2, -0.15) is 0 Å². The summed E-state index contributed by atoms with van der Waals surface area (Å²) in [6.07, 6.45) is 5.25. The molecular formula is C12H17N5O. The first-order valence-corrected chi connectivity index (χ1v) is 5.84. The fraction of sp³-hybridized carbons (Fsp3) is 0.417. The van der Waals surface area contributed by atoms with Gasteiger partial charge in [-0.25, -0.2) is 15.0 Å². The predicted octanol–water partition coefficient (Wildman–Crippen LogP) is 1.01. The van der Waals surface area contributed by atoms with Gasteiger partial charge < -0.3 is 14.6 Å². The van der Waals surface area contributed by atoms with Crippen molar-refractivity contribution in [1.29, 1.82) is 0 Å². The Kier molecular flexibility index (Phi) is 3.88. The number of aryl methyl sites for hydroxylation is 1. The normalized spacial score (nSPS) is 12.4. The van der Waals surface area contributed by atoms with Gasteiger partial charge in [-0.3, -0.25) is 0 Å². The first-order valence-electron chi connectivity index (χ1n) is 5.84. The maximum Gasteiger partial charge on any atom is 0.216 e. The molecular weight excluding hydrogens is 230 g/mol. The average molecular weight is 247 g/mol. The molecule has 2 aromatic heterocycles. The lowest BCUT2D eigenvalue weighted by Crippen LogP contribution is -2.23. The molecule has 6 heteroatoms. The van der Waals surface area contributed by atoms with Gasteiger partial charge in [0, 0.05) is 25.0 Å². The van der Waals surface area contributed by atoms with Crippen LogP contribution in [0.3, 0.4) is 0 Å². The maximum absolute atomic E-state index is 5.12. The molecule has 0 amide bonds. The van der Waals surface area contributed by atoms with Crippen molar-refractivity contribution in [1.82, 2.24) is 24.8 Å². The monoisotopic (exact) mass is 247 g/mol. The summed E-state index contributed by atoms with van der Waals surface area (Å²) in [6.45, 7) is 2.95. The Morgan fingerprint density at radius 1 is 1.39 bits per heavy atom. The van der Waals surface area contributed by atoms with Crippen molar-refractivity contribution in [2.45, 2.75) is 19.5 Å². The molecule has 0 saturated heterocycles. The molecule has 96 valence electrons. The number of nitrogens with one attached hydrogen (secondary N) is 1. The minimum atomic E-state index is -0.0724. The number of nitrogens with zero attached hydrogens (tertiary/aromatic N) is 4. The van der Waals surface area contributed by atoms with Crippen LogP contribution in [0.2, 0.25) is 0 Å². The Morgan fingerprint density at radius 3 is 2.89 bits per heavy atom. The van der Waals surface area contributed by atoms with Crippen molar-refractivity contribution in [2.24, 2.45) is 0 Å². The molecule has 0 radical (unpaired) electrons. The van der Waals surface area contributed by atoms with Crippen molar-refractivity contribution in [2.75, 3.05) is 14.2 Å². The summed E-state index contributed by atoms with van der Waals surface area (Å²) < 4.78 is 7.20. The van der Waals surface area contributed by atoms with Crippen molar-refractivity contribution >= 4 is 0 Å². The van der Waals surface area contributed by atoms with Gasteiger partial charge in [0.2, 0.25) is 5.88 Å². The van der Waals surface area contributed by atoms with Crippen LogP contribution in [-0.2, 0) is 6.54 Å². The molecule has 18 heavy (non-hydrogen) atoms. The fourth-order valence-electron chi connectivity index (χ4n) is 1.88. The molecule has 0 aromatic carbocycles. The van der Waals surface area contributed by atoms with Gasteiger partial charge in [-0.05, 0) is 14.0 Å². The molecule has 0 saturated carbocycles. The van der Waals surface area contributed by atoms with Crippen molar-refractivity contribution in [3.63, 3.8) is 0 Å². The van der Waals surface area contributed by atoms with E-state index in [2.05, 4.69) is 31.8 Å². The zero-order valence-corrected chi connectivity index (χ0v) is 10.8. The number of rotatable bonds is 5. The fourth-order valence-corrected chi connectivity index (χ4v) is 1.88. The van der Waals surface area contributed by atoms with Crippen LogP contribution in [0.5, 0.6) is 5.88 Å². The van der Waals surface area contributed by atoms with E-state index in [1.54, 1.807) is 13.3 Å². The van der Waals surface area contributed by atoms with Crippen LogP contribution in [0.25, 0.3) is 0 Å². The summed E-state index contributed by atoms with van der Waals surface area (Å²) in [7, 11) is 3.47. The third-order valence-corrected chi connectivity index (χ3v) is 2.80. The van der Waals surface area contributed by atoms with Gasteiger partial charge in [0.05, 0.1) is 12.8 Å². The van der Waals surface area contributed by atoms with Crippen LogP contribution < -0.4 is 10.1 Å². The molecule has 0 fully saturated rings. The SMILES string of the molecule is CCn1ccnc1C(NC)c1cc(OC)ncn1. The van der Waals surface area contributed by atoms with E-state index in [0.717, 1.165) is 18.1 Å². The van der Waals surface area contributed by atoms with E-state index >= 15 is 0 Å². The molecule has 2 rings (SSSR count). The first-order chi connectivity index (χ1) is 8.80. The number of ether oxygens (including phenoxy) is 1. The quantitative estimate of drug-likeness (QED) is 0.854. The number of methoxy groups -OCH3 is 1. The third kappa shape index (κ3) is 2.33. The number of aromatic nitrogens is 4. The van der Waals surface area contributed by atoms with Crippen LogP contribution in [0.4, 0.5) is 0 Å².